The first kappa shape index (κ1) is 12.4. The van der Waals surface area contributed by atoms with E-state index in [9.17, 15) is 13.6 Å². The predicted octanol–water partition coefficient (Wildman–Crippen LogP) is 3.38. The van der Waals surface area contributed by atoms with Crippen LogP contribution >= 0.6 is 11.6 Å². The van der Waals surface area contributed by atoms with Crippen LogP contribution in [0.3, 0.4) is 0 Å². The van der Waals surface area contributed by atoms with Crippen LogP contribution in [-0.2, 0) is 0 Å². The van der Waals surface area contributed by atoms with Crippen molar-refractivity contribution in [3.63, 3.8) is 0 Å². The Labute approximate surface area is 106 Å². The molecule has 1 heterocycles. The van der Waals surface area contributed by atoms with Crippen LogP contribution in [0.25, 0.3) is 11.1 Å². The van der Waals surface area contributed by atoms with Crippen molar-refractivity contribution in [2.24, 2.45) is 0 Å². The van der Waals surface area contributed by atoms with Crippen molar-refractivity contribution in [3.8, 4) is 11.1 Å². The topological polar surface area (TPSA) is 50.2 Å². The number of carboxylic acid groups (broad SMARTS) is 1. The molecule has 0 aliphatic rings. The normalized spacial score (nSPS) is 10.4. The van der Waals surface area contributed by atoms with Crippen LogP contribution in [0.15, 0.2) is 30.5 Å². The molecule has 0 saturated carbocycles. The summed E-state index contributed by atoms with van der Waals surface area (Å²) in [4.78, 5) is 14.7. The number of hydrogen-bond acceptors (Lipinski definition) is 2. The zero-order valence-electron chi connectivity index (χ0n) is 8.82. The highest BCUT2D eigenvalue weighted by molar-refractivity contribution is 6.33. The smallest absolute Gasteiger partial charge is 0.339 e. The van der Waals surface area contributed by atoms with Crippen molar-refractivity contribution in [3.05, 3.63) is 52.8 Å². The fraction of sp³-hybridized carbons (Fsp3) is 0. The molecule has 0 aliphatic heterocycles. The largest absolute Gasteiger partial charge is 0.478 e. The third-order valence-electron chi connectivity index (χ3n) is 2.34. The van der Waals surface area contributed by atoms with Crippen LogP contribution in [0.4, 0.5) is 8.78 Å². The van der Waals surface area contributed by atoms with E-state index < -0.39 is 17.6 Å². The maximum Gasteiger partial charge on any atom is 0.339 e. The molecular weight excluding hydrogens is 264 g/mol. The molecule has 92 valence electrons. The second-order valence-corrected chi connectivity index (χ2v) is 3.81. The molecule has 0 aliphatic carbocycles. The lowest BCUT2D eigenvalue weighted by Gasteiger charge is -2.08. The van der Waals surface area contributed by atoms with E-state index in [1.54, 1.807) is 0 Å². The molecule has 2 rings (SSSR count). The third-order valence-corrected chi connectivity index (χ3v) is 2.62. The molecule has 18 heavy (non-hydrogen) atoms. The molecule has 2 aromatic rings. The van der Waals surface area contributed by atoms with E-state index in [-0.39, 0.29) is 21.8 Å². The Kier molecular flexibility index (Phi) is 3.25. The number of nitrogens with zero attached hydrogens (tertiary/aromatic N) is 1. The van der Waals surface area contributed by atoms with Gasteiger partial charge in [-0.05, 0) is 24.3 Å². The van der Waals surface area contributed by atoms with Crippen molar-refractivity contribution in [1.82, 2.24) is 4.98 Å². The number of halogens is 3. The average molecular weight is 270 g/mol. The first-order valence-electron chi connectivity index (χ1n) is 4.84. The Balaban J connectivity index is 2.75. The Bertz CT molecular complexity index is 631. The average Bonchev–Trinajstić information content (AvgIpc) is 2.31. The van der Waals surface area contributed by atoms with Crippen molar-refractivity contribution in [1.29, 1.82) is 0 Å². The highest BCUT2D eigenvalue weighted by atomic mass is 35.5. The van der Waals surface area contributed by atoms with Gasteiger partial charge in [0.15, 0.2) is 0 Å². The molecule has 0 atom stereocenters. The summed E-state index contributed by atoms with van der Waals surface area (Å²) in [6.07, 6.45) is 1.23. The summed E-state index contributed by atoms with van der Waals surface area (Å²) in [6, 6.07) is 4.05. The molecule has 0 spiro atoms. The minimum absolute atomic E-state index is 0.0144. The van der Waals surface area contributed by atoms with Gasteiger partial charge in [0, 0.05) is 17.3 Å². The van der Waals surface area contributed by atoms with Crippen LogP contribution in [0.1, 0.15) is 10.4 Å². The maximum absolute atomic E-state index is 13.6. The van der Waals surface area contributed by atoms with E-state index in [2.05, 4.69) is 4.98 Å². The Morgan fingerprint density at radius 3 is 2.61 bits per heavy atom. The van der Waals surface area contributed by atoms with Crippen molar-refractivity contribution < 1.29 is 18.7 Å². The summed E-state index contributed by atoms with van der Waals surface area (Å²) in [7, 11) is 0. The van der Waals surface area contributed by atoms with Gasteiger partial charge in [0.2, 0.25) is 0 Å². The molecule has 0 radical (unpaired) electrons. The first-order chi connectivity index (χ1) is 8.50. The van der Waals surface area contributed by atoms with Crippen molar-refractivity contribution >= 4 is 17.6 Å². The lowest BCUT2D eigenvalue weighted by molar-refractivity contribution is 0.0697. The molecule has 1 aromatic heterocycles. The zero-order valence-corrected chi connectivity index (χ0v) is 9.58. The molecule has 0 unspecified atom stereocenters. The molecule has 0 amide bonds. The third kappa shape index (κ3) is 2.17. The van der Waals surface area contributed by atoms with Gasteiger partial charge >= 0.3 is 5.97 Å². The fourth-order valence-electron chi connectivity index (χ4n) is 1.57. The van der Waals surface area contributed by atoms with Gasteiger partial charge in [-0.25, -0.2) is 18.6 Å². The van der Waals surface area contributed by atoms with Gasteiger partial charge in [-0.1, -0.05) is 11.6 Å². The zero-order chi connectivity index (χ0) is 13.3. The summed E-state index contributed by atoms with van der Waals surface area (Å²) >= 11 is 5.66. The van der Waals surface area contributed by atoms with E-state index >= 15 is 0 Å². The van der Waals surface area contributed by atoms with Crippen molar-refractivity contribution in [2.45, 2.75) is 0 Å². The highest BCUT2D eigenvalue weighted by Gasteiger charge is 2.19. The number of carbonyl (C=O) groups is 1. The van der Waals surface area contributed by atoms with Gasteiger partial charge in [-0.15, -0.1) is 0 Å². The number of rotatable bonds is 2. The van der Waals surface area contributed by atoms with Crippen LogP contribution in [-0.4, -0.2) is 16.1 Å². The van der Waals surface area contributed by atoms with Crippen molar-refractivity contribution in [2.75, 3.05) is 0 Å². The second kappa shape index (κ2) is 4.70. The first-order valence-corrected chi connectivity index (χ1v) is 5.21. The fourth-order valence-corrected chi connectivity index (χ4v) is 1.81. The van der Waals surface area contributed by atoms with Gasteiger partial charge in [-0.2, -0.15) is 0 Å². The van der Waals surface area contributed by atoms with Gasteiger partial charge in [0.05, 0.1) is 0 Å². The highest BCUT2D eigenvalue weighted by Crippen LogP contribution is 2.30. The van der Waals surface area contributed by atoms with E-state index in [0.717, 1.165) is 18.2 Å². The standard InChI is InChI=1S/C12H6ClF2NO2/c13-11-10(12(17)18)7(3-4-16-11)8-5-6(14)1-2-9(8)15/h1-5H,(H,17,18). The van der Waals surface area contributed by atoms with Crippen LogP contribution < -0.4 is 0 Å². The van der Waals surface area contributed by atoms with Gasteiger partial charge in [-0.3, -0.25) is 0 Å². The SMILES string of the molecule is O=C(O)c1c(-c2cc(F)ccc2F)ccnc1Cl. The van der Waals surface area contributed by atoms with Gasteiger partial charge < -0.3 is 5.11 Å². The summed E-state index contributed by atoms with van der Waals surface area (Å²) in [5.74, 6) is -2.76. The minimum atomic E-state index is -1.35. The summed E-state index contributed by atoms with van der Waals surface area (Å²) in [5, 5.41) is 8.75. The quantitative estimate of drug-likeness (QED) is 0.850. The lowest BCUT2D eigenvalue weighted by atomic mass is 10.0. The number of carboxylic acids is 1. The number of aromatic carboxylic acids is 1. The molecule has 0 fully saturated rings. The molecule has 3 nitrogen and oxygen atoms in total. The molecule has 6 heteroatoms. The van der Waals surface area contributed by atoms with Crippen LogP contribution in [0.5, 0.6) is 0 Å². The molecular formula is C12H6ClF2NO2. The second-order valence-electron chi connectivity index (χ2n) is 3.45. The van der Waals surface area contributed by atoms with Crippen LogP contribution in [0, 0.1) is 11.6 Å². The number of hydrogen-bond donors (Lipinski definition) is 1. The van der Waals surface area contributed by atoms with Gasteiger partial charge in [0.1, 0.15) is 22.4 Å². The van der Waals surface area contributed by atoms with E-state index in [0.29, 0.717) is 0 Å². The molecule has 1 aromatic carbocycles. The molecule has 0 saturated heterocycles. The molecule has 1 N–H and O–H groups in total. The van der Waals surface area contributed by atoms with Gasteiger partial charge in [0.25, 0.3) is 0 Å². The predicted molar refractivity (Wildman–Crippen MR) is 61.6 cm³/mol. The lowest BCUT2D eigenvalue weighted by Crippen LogP contribution is -2.03. The summed E-state index contributed by atoms with van der Waals surface area (Å²) in [5.41, 5.74) is -0.542. The Hall–Kier alpha value is -2.01. The number of pyridine rings is 1. The van der Waals surface area contributed by atoms with Crippen LogP contribution in [0.2, 0.25) is 5.15 Å². The Morgan fingerprint density at radius 2 is 1.94 bits per heavy atom. The maximum atomic E-state index is 13.6. The summed E-state index contributed by atoms with van der Waals surface area (Å²) < 4.78 is 26.7. The minimum Gasteiger partial charge on any atom is -0.478 e. The van der Waals surface area contributed by atoms with E-state index in [1.165, 1.54) is 12.3 Å². The Morgan fingerprint density at radius 1 is 1.22 bits per heavy atom. The van der Waals surface area contributed by atoms with E-state index in [1.807, 2.05) is 0 Å². The number of aromatic nitrogens is 1. The monoisotopic (exact) mass is 269 g/mol. The summed E-state index contributed by atoms with van der Waals surface area (Å²) in [6.45, 7) is 0. The van der Waals surface area contributed by atoms with E-state index in [4.69, 9.17) is 16.7 Å². The molecule has 0 bridgehead atoms. The number of benzene rings is 1.